The molecule has 0 fully saturated rings. The number of aryl methyl sites for hydroxylation is 1. The minimum Gasteiger partial charge on any atom is -0.242 e. The van der Waals surface area contributed by atoms with E-state index in [1.807, 2.05) is 24.5 Å². The molecule has 0 atom stereocenters. The zero-order valence-electron chi connectivity index (χ0n) is 12.4. The van der Waals surface area contributed by atoms with Crippen molar-refractivity contribution in [2.24, 2.45) is 0 Å². The van der Waals surface area contributed by atoms with E-state index in [1.54, 1.807) is 0 Å². The highest BCUT2D eigenvalue weighted by atomic mass is 32.2. The molecular weight excluding hydrogens is 340 g/mol. The predicted molar refractivity (Wildman–Crippen MR) is 86.9 cm³/mol. The van der Waals surface area contributed by atoms with Gasteiger partial charge in [0.05, 0.1) is 10.7 Å². The molecule has 0 spiro atoms. The molecule has 1 aliphatic rings. The number of thiazole rings is 1. The Hall–Kier alpha value is -1.86. The van der Waals surface area contributed by atoms with Gasteiger partial charge in [-0.05, 0) is 31.1 Å². The normalized spacial score (nSPS) is 14.8. The molecule has 3 rings (SSSR count). The molecule has 0 unspecified atom stereocenters. The Kier molecular flexibility index (Phi) is 3.93. The van der Waals surface area contributed by atoms with Crippen molar-refractivity contribution in [2.75, 3.05) is 6.26 Å². The molecule has 1 aromatic heterocycles. The van der Waals surface area contributed by atoms with Crippen LogP contribution in [0.15, 0.2) is 34.6 Å². The zero-order valence-corrected chi connectivity index (χ0v) is 14.1. The zero-order chi connectivity index (χ0) is 16.8. The molecule has 1 aromatic carbocycles. The maximum atomic E-state index is 14.4. The largest absolute Gasteiger partial charge is 0.242 e. The second-order valence-corrected chi connectivity index (χ2v) is 8.33. The monoisotopic (exact) mass is 353 g/mol. The second kappa shape index (κ2) is 5.65. The van der Waals surface area contributed by atoms with Crippen molar-refractivity contribution in [3.8, 4) is 0 Å². The summed E-state index contributed by atoms with van der Waals surface area (Å²) in [5.74, 6) is -1.70. The molecule has 0 amide bonds. The fourth-order valence-electron chi connectivity index (χ4n) is 2.53. The number of sulfone groups is 1. The Morgan fingerprint density at radius 2 is 1.96 bits per heavy atom. The Morgan fingerprint density at radius 3 is 2.57 bits per heavy atom. The van der Waals surface area contributed by atoms with Gasteiger partial charge in [0.2, 0.25) is 0 Å². The third-order valence-corrected chi connectivity index (χ3v) is 5.46. The van der Waals surface area contributed by atoms with Crippen LogP contribution in [0.1, 0.15) is 22.7 Å². The number of nitrogens with zero attached hydrogens (tertiary/aromatic N) is 1. The smallest absolute Gasteiger partial charge is 0.178 e. The lowest BCUT2D eigenvalue weighted by Crippen LogP contribution is -2.04. The molecule has 0 bridgehead atoms. The molecule has 1 heterocycles. The van der Waals surface area contributed by atoms with E-state index in [0.717, 1.165) is 29.0 Å². The molecule has 120 valence electrons. The van der Waals surface area contributed by atoms with Crippen molar-refractivity contribution in [1.82, 2.24) is 4.98 Å². The van der Waals surface area contributed by atoms with E-state index < -0.39 is 26.4 Å². The molecule has 7 heteroatoms. The molecular formula is C16H13F2NO2S2. The number of hydrogen-bond acceptors (Lipinski definition) is 4. The lowest BCUT2D eigenvalue weighted by molar-refractivity contribution is 0.554. The van der Waals surface area contributed by atoms with Gasteiger partial charge in [0.1, 0.15) is 16.5 Å². The van der Waals surface area contributed by atoms with Gasteiger partial charge in [0, 0.05) is 22.8 Å². The maximum absolute atomic E-state index is 14.4. The van der Waals surface area contributed by atoms with Crippen LogP contribution >= 0.6 is 11.3 Å². The average molecular weight is 353 g/mol. The molecule has 23 heavy (non-hydrogen) atoms. The molecule has 0 aliphatic heterocycles. The highest BCUT2D eigenvalue weighted by Crippen LogP contribution is 2.37. The topological polar surface area (TPSA) is 47.0 Å². The summed E-state index contributed by atoms with van der Waals surface area (Å²) in [4.78, 5) is 3.75. The summed E-state index contributed by atoms with van der Waals surface area (Å²) in [6.45, 7) is 1.87. The van der Waals surface area contributed by atoms with Crippen molar-refractivity contribution in [3.05, 3.63) is 57.6 Å². The maximum Gasteiger partial charge on any atom is 0.178 e. The van der Waals surface area contributed by atoms with Gasteiger partial charge < -0.3 is 0 Å². The third-order valence-electron chi connectivity index (χ3n) is 3.57. The van der Waals surface area contributed by atoms with Gasteiger partial charge in [-0.25, -0.2) is 22.2 Å². The van der Waals surface area contributed by atoms with Crippen LogP contribution < -0.4 is 0 Å². The quantitative estimate of drug-likeness (QED) is 0.838. The molecule has 1 aliphatic carbocycles. The van der Waals surface area contributed by atoms with Gasteiger partial charge >= 0.3 is 0 Å². The van der Waals surface area contributed by atoms with E-state index in [1.165, 1.54) is 11.3 Å². The highest BCUT2D eigenvalue weighted by molar-refractivity contribution is 7.90. The first-order valence-corrected chi connectivity index (χ1v) is 9.56. The fraction of sp³-hybridized carbons (Fsp3) is 0.188. The first-order valence-electron chi connectivity index (χ1n) is 6.79. The minimum atomic E-state index is -3.82. The van der Waals surface area contributed by atoms with Gasteiger partial charge in [-0.3, -0.25) is 0 Å². The summed E-state index contributed by atoms with van der Waals surface area (Å²) in [6, 6.07) is 1.70. The molecule has 0 N–H and O–H groups in total. The van der Waals surface area contributed by atoms with E-state index in [0.29, 0.717) is 17.7 Å². The van der Waals surface area contributed by atoms with Gasteiger partial charge in [-0.2, -0.15) is 0 Å². The van der Waals surface area contributed by atoms with Gasteiger partial charge in [0.15, 0.2) is 9.84 Å². The summed E-state index contributed by atoms with van der Waals surface area (Å²) >= 11 is 1.48. The minimum absolute atomic E-state index is 0.0700. The summed E-state index contributed by atoms with van der Waals surface area (Å²) < 4.78 is 51.5. The number of halogens is 2. The van der Waals surface area contributed by atoms with E-state index in [2.05, 4.69) is 4.98 Å². The van der Waals surface area contributed by atoms with Crippen LogP contribution in [-0.2, 0) is 9.84 Å². The Labute approximate surface area is 136 Å². The SMILES string of the molecule is Cc1nc(C2=C(c3cc(F)c(S(C)(=O)=O)cc3F)CC=C2)cs1. The van der Waals surface area contributed by atoms with Crippen LogP contribution in [0.4, 0.5) is 8.78 Å². The van der Waals surface area contributed by atoms with Crippen LogP contribution in [0.25, 0.3) is 11.1 Å². The Balaban J connectivity index is 2.17. The van der Waals surface area contributed by atoms with E-state index in [9.17, 15) is 17.2 Å². The van der Waals surface area contributed by atoms with Crippen molar-refractivity contribution in [1.29, 1.82) is 0 Å². The summed E-state index contributed by atoms with van der Waals surface area (Å²) in [6.07, 6.45) is 4.97. The summed E-state index contributed by atoms with van der Waals surface area (Å²) in [7, 11) is -3.82. The standard InChI is InChI=1S/C16H13F2NO2S2/c1-9-19-15(8-22-9)11-5-3-4-10(11)12-6-14(18)16(7-13(12)17)23(2,20)21/h3,5-8H,4H2,1-2H3. The fourth-order valence-corrected chi connectivity index (χ4v) is 3.87. The molecule has 0 saturated heterocycles. The first kappa shape index (κ1) is 16.0. The number of aromatic nitrogens is 1. The predicted octanol–water partition coefficient (Wildman–Crippen LogP) is 4.00. The number of allylic oxidation sites excluding steroid dienone is 4. The van der Waals surface area contributed by atoms with Gasteiger partial charge in [-0.15, -0.1) is 11.3 Å². The first-order chi connectivity index (χ1) is 10.8. The summed E-state index contributed by atoms with van der Waals surface area (Å²) in [5.41, 5.74) is 2.12. The number of benzene rings is 1. The lowest BCUT2D eigenvalue weighted by Gasteiger charge is -2.10. The third kappa shape index (κ3) is 2.98. The van der Waals surface area contributed by atoms with E-state index >= 15 is 0 Å². The number of rotatable bonds is 3. The second-order valence-electron chi connectivity index (χ2n) is 5.29. The van der Waals surface area contributed by atoms with Crippen molar-refractivity contribution >= 4 is 32.3 Å². The highest BCUT2D eigenvalue weighted by Gasteiger charge is 2.22. The van der Waals surface area contributed by atoms with Crippen molar-refractivity contribution in [2.45, 2.75) is 18.2 Å². The molecule has 0 radical (unpaired) electrons. The molecule has 3 nitrogen and oxygen atoms in total. The van der Waals surface area contributed by atoms with Crippen LogP contribution in [0.5, 0.6) is 0 Å². The van der Waals surface area contributed by atoms with Crippen LogP contribution in [-0.4, -0.2) is 19.7 Å². The van der Waals surface area contributed by atoms with Crippen LogP contribution in [0, 0.1) is 18.6 Å². The lowest BCUT2D eigenvalue weighted by atomic mass is 9.99. The number of hydrogen-bond donors (Lipinski definition) is 0. The van der Waals surface area contributed by atoms with Crippen LogP contribution in [0.2, 0.25) is 0 Å². The molecule has 0 saturated carbocycles. The Morgan fingerprint density at radius 1 is 1.22 bits per heavy atom. The van der Waals surface area contributed by atoms with Crippen LogP contribution in [0.3, 0.4) is 0 Å². The van der Waals surface area contributed by atoms with Gasteiger partial charge in [0.25, 0.3) is 0 Å². The van der Waals surface area contributed by atoms with Crippen molar-refractivity contribution < 1.29 is 17.2 Å². The Bertz CT molecular complexity index is 956. The van der Waals surface area contributed by atoms with E-state index in [4.69, 9.17) is 0 Å². The van der Waals surface area contributed by atoms with Crippen molar-refractivity contribution in [3.63, 3.8) is 0 Å². The average Bonchev–Trinajstić information content (AvgIpc) is 3.08. The molecule has 2 aromatic rings. The van der Waals surface area contributed by atoms with Gasteiger partial charge in [-0.1, -0.05) is 12.2 Å². The van der Waals surface area contributed by atoms with E-state index in [-0.39, 0.29) is 5.56 Å². The summed E-state index contributed by atoms with van der Waals surface area (Å²) in [5, 5.41) is 2.74.